The number of pyridine rings is 1. The van der Waals surface area contributed by atoms with Crippen LogP contribution in [0.2, 0.25) is 0 Å². The van der Waals surface area contributed by atoms with Crippen molar-refractivity contribution in [2.45, 2.75) is 13.9 Å². The maximum absolute atomic E-state index is 11.9. The molecule has 0 saturated carbocycles. The molecule has 5 nitrogen and oxygen atoms in total. The Balaban J connectivity index is 2.34. The van der Waals surface area contributed by atoms with E-state index in [0.717, 1.165) is 10.7 Å². The third kappa shape index (κ3) is 3.02. The van der Waals surface area contributed by atoms with E-state index >= 15 is 0 Å². The van der Waals surface area contributed by atoms with Crippen molar-refractivity contribution in [3.63, 3.8) is 0 Å². The van der Waals surface area contributed by atoms with Gasteiger partial charge in [0.15, 0.2) is 0 Å². The van der Waals surface area contributed by atoms with Crippen LogP contribution in [0.5, 0.6) is 0 Å². The molecule has 0 amide bonds. The van der Waals surface area contributed by atoms with Crippen LogP contribution in [0.15, 0.2) is 35.6 Å². The fourth-order valence-corrected chi connectivity index (χ4v) is 3.41. The number of esters is 1. The Morgan fingerprint density at radius 1 is 1.63 bits per heavy atom. The Labute approximate surface area is 132 Å². The summed E-state index contributed by atoms with van der Waals surface area (Å²) in [5.41, 5.74) is 0.781. The molecule has 0 fully saturated rings. The average Bonchev–Trinajstić information content (AvgIpc) is 2.88. The first-order chi connectivity index (χ1) is 9.10. The van der Waals surface area contributed by atoms with Gasteiger partial charge in [0.1, 0.15) is 0 Å². The average molecular weight is 286 g/mol. The molecule has 19 heavy (non-hydrogen) atoms. The van der Waals surface area contributed by atoms with Gasteiger partial charge in [-0.1, -0.05) is 0 Å². The number of fused-ring (bicyclic) bond motifs is 1. The summed E-state index contributed by atoms with van der Waals surface area (Å²) in [4.78, 5) is 27.4. The number of hydrogen-bond donors (Lipinski definition) is 0. The molecule has 0 bridgehead atoms. The van der Waals surface area contributed by atoms with E-state index in [4.69, 9.17) is 4.74 Å². The van der Waals surface area contributed by atoms with Gasteiger partial charge in [-0.2, -0.15) is 0 Å². The van der Waals surface area contributed by atoms with E-state index in [-0.39, 0.29) is 6.61 Å². The van der Waals surface area contributed by atoms with Gasteiger partial charge in [0.05, 0.1) is 0 Å². The number of rotatable bonds is 5. The molecule has 1 unspecified atom stereocenters. The molecule has 2 rings (SSSR count). The van der Waals surface area contributed by atoms with Gasteiger partial charge in [-0.05, 0) is 0 Å². The van der Waals surface area contributed by atoms with Crippen LogP contribution in [0, 0.1) is 0 Å². The van der Waals surface area contributed by atoms with E-state index in [1.54, 1.807) is 19.3 Å². The molecule has 0 spiro atoms. The van der Waals surface area contributed by atoms with Gasteiger partial charge < -0.3 is 0 Å². The third-order valence-corrected chi connectivity index (χ3v) is 5.10. The number of thioether (sulfide) groups is 1. The van der Waals surface area contributed by atoms with E-state index in [1.807, 2.05) is 22.6 Å². The summed E-state index contributed by atoms with van der Waals surface area (Å²) in [5.74, 6) is -0.473. The van der Waals surface area contributed by atoms with Gasteiger partial charge in [-0.3, -0.25) is 0 Å². The fourth-order valence-electron chi connectivity index (χ4n) is 1.61. The summed E-state index contributed by atoms with van der Waals surface area (Å²) in [6, 6.07) is 5.57. The molecule has 0 aliphatic rings. The molecule has 0 N–H and O–H groups in total. The molecule has 0 aliphatic carbocycles. The molecule has 7 heteroatoms. The zero-order chi connectivity index (χ0) is 13.9. The van der Waals surface area contributed by atoms with Gasteiger partial charge >= 0.3 is 132 Å². The van der Waals surface area contributed by atoms with Crippen LogP contribution < -0.4 is 0 Å². The van der Waals surface area contributed by atoms with Gasteiger partial charge in [-0.25, -0.2) is 0 Å². The maximum atomic E-state index is 11.9. The van der Waals surface area contributed by atoms with Crippen molar-refractivity contribution in [3.05, 3.63) is 30.6 Å². The van der Waals surface area contributed by atoms with Crippen molar-refractivity contribution in [2.24, 2.45) is 0 Å². The molecule has 2 aromatic rings. The van der Waals surface area contributed by atoms with Crippen molar-refractivity contribution in [2.75, 3.05) is 6.61 Å². The quantitative estimate of drug-likeness (QED) is 0.270. The first kappa shape index (κ1) is 14.6. The molecule has 0 aromatic carbocycles. The van der Waals surface area contributed by atoms with E-state index in [1.165, 1.54) is 11.8 Å². The van der Waals surface area contributed by atoms with Crippen molar-refractivity contribution in [1.82, 2.24) is 9.38 Å². The topological polar surface area (TPSA) is 60.7 Å². The number of imidazole rings is 1. The van der Waals surface area contributed by atoms with Gasteiger partial charge in [-0.15, -0.1) is 0 Å². The molecular formula is C12H11N2NaO3S. The summed E-state index contributed by atoms with van der Waals surface area (Å²) >= 11 is 1.59. The molecule has 0 radical (unpaired) electrons. The molecule has 0 aliphatic heterocycles. The number of ether oxygens (including phenoxy) is 1. The van der Waals surface area contributed by atoms with Crippen LogP contribution in [0.25, 0.3) is 5.65 Å². The van der Waals surface area contributed by atoms with Crippen LogP contribution in [-0.2, 0) is 14.3 Å². The number of hydrogen-bond acceptors (Lipinski definition) is 5. The van der Waals surface area contributed by atoms with Gasteiger partial charge in [0.25, 0.3) is 0 Å². The number of aromatic nitrogens is 2. The Kier molecular flexibility index (Phi) is 4.67. The predicted octanol–water partition coefficient (Wildman–Crippen LogP) is 1.05. The summed E-state index contributed by atoms with van der Waals surface area (Å²) < 4.78 is 5.71. The van der Waals surface area contributed by atoms with E-state index in [0.29, 0.717) is 34.2 Å². The van der Waals surface area contributed by atoms with Crippen LogP contribution in [0.3, 0.4) is 0 Å². The Morgan fingerprint density at radius 3 is 3.11 bits per heavy atom. The molecule has 1 atom stereocenters. The Hall–Kier alpha value is -0.820. The summed E-state index contributed by atoms with van der Waals surface area (Å²) in [6.45, 7) is 2.00. The first-order valence-electron chi connectivity index (χ1n) is 5.85. The number of nitrogens with zero attached hydrogens (tertiary/aromatic N) is 2. The minimum atomic E-state index is -1.12. The number of carbonyl (C=O) groups is 2. The normalized spacial score (nSPS) is 14.1. The molecule has 94 valence electrons. The van der Waals surface area contributed by atoms with Crippen molar-refractivity contribution in [1.29, 1.82) is 0 Å². The van der Waals surface area contributed by atoms with Crippen LogP contribution >= 0.6 is 11.8 Å². The fraction of sp³-hybridized carbons (Fsp3) is 0.250. The predicted molar refractivity (Wildman–Crippen MR) is 72.2 cm³/mol. The number of aldehydes is 1. The van der Waals surface area contributed by atoms with Crippen molar-refractivity contribution >= 4 is 57.6 Å². The Bertz CT molecular complexity index is 616. The molecule has 2 heterocycles. The van der Waals surface area contributed by atoms with Crippen LogP contribution in [-0.4, -0.2) is 58.2 Å². The molecule has 2 aromatic heterocycles. The third-order valence-electron chi connectivity index (χ3n) is 2.61. The zero-order valence-electron chi connectivity index (χ0n) is 10.7. The Morgan fingerprint density at radius 2 is 2.42 bits per heavy atom. The van der Waals surface area contributed by atoms with Crippen LogP contribution in [0.4, 0.5) is 0 Å². The monoisotopic (exact) mass is 286 g/mol. The standard InChI is InChI=1S/C12H11N2O3S.Na/c1-2-17-12(16)9(8-15)18-11-5-3-4-10-13-6-7-14(10)11;/h3-8H,2H2,1H3;. The molecular weight excluding hydrogens is 275 g/mol. The van der Waals surface area contributed by atoms with Crippen LogP contribution in [0.1, 0.15) is 6.92 Å². The van der Waals surface area contributed by atoms with E-state index < -0.39 is 7.97 Å². The van der Waals surface area contributed by atoms with Gasteiger partial charge in [0.2, 0.25) is 0 Å². The molecule has 0 saturated heterocycles. The zero-order valence-corrected chi connectivity index (χ0v) is 13.5. The van der Waals surface area contributed by atoms with Crippen molar-refractivity contribution in [3.8, 4) is 0 Å². The van der Waals surface area contributed by atoms with Crippen molar-refractivity contribution < 1.29 is 14.3 Å². The first-order valence-corrected chi connectivity index (χ1v) is 7.67. The SMILES string of the molecule is CCOC(=O)[C]([Na])(C=O)Sc1cccc2nccn12. The minimum absolute atomic E-state index is 0.270. The van der Waals surface area contributed by atoms with E-state index in [2.05, 4.69) is 4.98 Å². The van der Waals surface area contributed by atoms with E-state index in [9.17, 15) is 9.59 Å². The summed E-state index contributed by atoms with van der Waals surface area (Å²) in [6.07, 6.45) is 4.16. The summed E-state index contributed by atoms with van der Waals surface area (Å²) in [5, 5.41) is 0.796. The summed E-state index contributed by atoms with van der Waals surface area (Å²) in [7, 11) is 0. The second-order valence-corrected chi connectivity index (χ2v) is 7.84. The number of carbonyl (C=O) groups excluding carboxylic acids is 2. The second-order valence-electron chi connectivity index (χ2n) is 4.07. The van der Waals surface area contributed by atoms with Gasteiger partial charge in [0, 0.05) is 0 Å². The second kappa shape index (κ2) is 6.09.